The molecule has 0 N–H and O–H groups in total. The maximum absolute atomic E-state index is 6.57. The van der Waals surface area contributed by atoms with E-state index in [1.165, 1.54) is 31.2 Å². The van der Waals surface area contributed by atoms with Gasteiger partial charge in [0, 0.05) is 13.1 Å². The Balaban J connectivity index is 1.58. The number of morpholine rings is 1. The predicted molar refractivity (Wildman–Crippen MR) is 124 cm³/mol. The summed E-state index contributed by atoms with van der Waals surface area (Å²) in [7, 11) is 0. The van der Waals surface area contributed by atoms with Crippen LogP contribution in [0.4, 0.5) is 5.95 Å². The standard InChI is InChI=1S/C23H27Cl2N5O/c1-15-7-9-16(10-8-15)13-30-19-20(24)26-22(25)27-21(19)28-23(30)29-11-12-31-14-18(29)17-5-3-2-4-6-17/h2-6,15-16,18H,7-14H2,1H3/t15?,16?,18-/m0/s1. The number of hydrogen-bond acceptors (Lipinski definition) is 5. The zero-order valence-electron chi connectivity index (χ0n) is 17.7. The molecule has 3 aromatic rings. The Morgan fingerprint density at radius 1 is 1.03 bits per heavy atom. The van der Waals surface area contributed by atoms with E-state index in [2.05, 4.69) is 50.6 Å². The molecule has 31 heavy (non-hydrogen) atoms. The number of benzene rings is 1. The van der Waals surface area contributed by atoms with Gasteiger partial charge in [0.05, 0.1) is 19.3 Å². The largest absolute Gasteiger partial charge is 0.377 e. The molecule has 2 aromatic heterocycles. The van der Waals surface area contributed by atoms with Crippen LogP contribution >= 0.6 is 23.2 Å². The lowest BCUT2D eigenvalue weighted by molar-refractivity contribution is 0.0927. The third-order valence-corrected chi connectivity index (χ3v) is 7.09. The minimum Gasteiger partial charge on any atom is -0.377 e. The summed E-state index contributed by atoms with van der Waals surface area (Å²) in [6.07, 6.45) is 4.98. The van der Waals surface area contributed by atoms with Crippen LogP contribution in [-0.4, -0.2) is 39.3 Å². The molecule has 2 fully saturated rings. The molecule has 1 aromatic carbocycles. The molecule has 1 saturated carbocycles. The summed E-state index contributed by atoms with van der Waals surface area (Å²) in [5.41, 5.74) is 2.54. The third kappa shape index (κ3) is 4.26. The number of ether oxygens (including phenoxy) is 1. The lowest BCUT2D eigenvalue weighted by Crippen LogP contribution is -2.41. The first-order valence-electron chi connectivity index (χ1n) is 11.1. The molecule has 0 unspecified atom stereocenters. The van der Waals surface area contributed by atoms with Crippen molar-refractivity contribution in [2.45, 2.75) is 45.2 Å². The molecule has 0 spiro atoms. The van der Waals surface area contributed by atoms with Crippen molar-refractivity contribution in [1.82, 2.24) is 19.5 Å². The molecule has 0 bridgehead atoms. The van der Waals surface area contributed by atoms with Crippen molar-refractivity contribution in [2.24, 2.45) is 11.8 Å². The number of anilines is 1. The summed E-state index contributed by atoms with van der Waals surface area (Å²) in [4.78, 5) is 15.9. The molecule has 0 amide bonds. The molecular weight excluding hydrogens is 433 g/mol. The summed E-state index contributed by atoms with van der Waals surface area (Å²) >= 11 is 12.7. The summed E-state index contributed by atoms with van der Waals surface area (Å²) in [5, 5.41) is 0.490. The van der Waals surface area contributed by atoms with Gasteiger partial charge in [-0.25, -0.2) is 4.98 Å². The van der Waals surface area contributed by atoms with E-state index in [0.717, 1.165) is 30.5 Å². The van der Waals surface area contributed by atoms with E-state index in [9.17, 15) is 0 Å². The molecule has 1 aliphatic heterocycles. The average molecular weight is 460 g/mol. The normalized spacial score (nSPS) is 24.6. The summed E-state index contributed by atoms with van der Waals surface area (Å²) in [5.74, 6) is 2.28. The van der Waals surface area contributed by atoms with Crippen LogP contribution < -0.4 is 4.90 Å². The van der Waals surface area contributed by atoms with Crippen LogP contribution in [0.1, 0.15) is 44.2 Å². The second kappa shape index (κ2) is 8.93. The molecule has 0 radical (unpaired) electrons. The fraction of sp³-hybridized carbons (Fsp3) is 0.522. The van der Waals surface area contributed by atoms with E-state index >= 15 is 0 Å². The monoisotopic (exact) mass is 459 g/mol. The van der Waals surface area contributed by atoms with Gasteiger partial charge in [-0.1, -0.05) is 61.7 Å². The molecule has 8 heteroatoms. The van der Waals surface area contributed by atoms with E-state index in [4.69, 9.17) is 32.9 Å². The third-order valence-electron chi connectivity index (χ3n) is 6.66. The Bertz CT molecular complexity index is 1050. The zero-order valence-corrected chi connectivity index (χ0v) is 19.2. The van der Waals surface area contributed by atoms with E-state index in [0.29, 0.717) is 29.9 Å². The van der Waals surface area contributed by atoms with Gasteiger partial charge in [-0.15, -0.1) is 0 Å². The second-order valence-corrected chi connectivity index (χ2v) is 9.49. The fourth-order valence-electron chi connectivity index (χ4n) is 4.91. The number of aromatic nitrogens is 4. The molecule has 2 aliphatic rings. The van der Waals surface area contributed by atoms with Gasteiger partial charge in [0.25, 0.3) is 0 Å². The molecule has 1 aliphatic carbocycles. The van der Waals surface area contributed by atoms with Crippen molar-refractivity contribution in [1.29, 1.82) is 0 Å². The minimum absolute atomic E-state index is 0.0825. The molecular formula is C23H27Cl2N5O. The Morgan fingerprint density at radius 3 is 2.58 bits per heavy atom. The maximum Gasteiger partial charge on any atom is 0.225 e. The van der Waals surface area contributed by atoms with Crippen molar-refractivity contribution in [3.05, 3.63) is 46.3 Å². The molecule has 6 nitrogen and oxygen atoms in total. The molecule has 3 heterocycles. The number of hydrogen-bond donors (Lipinski definition) is 0. The van der Waals surface area contributed by atoms with Gasteiger partial charge in [-0.2, -0.15) is 9.97 Å². The second-order valence-electron chi connectivity index (χ2n) is 8.80. The zero-order chi connectivity index (χ0) is 21.4. The average Bonchev–Trinajstić information content (AvgIpc) is 3.14. The highest BCUT2D eigenvalue weighted by molar-refractivity contribution is 6.35. The van der Waals surface area contributed by atoms with Gasteiger partial charge in [0.15, 0.2) is 10.8 Å². The Labute approximate surface area is 192 Å². The van der Waals surface area contributed by atoms with Gasteiger partial charge < -0.3 is 14.2 Å². The predicted octanol–water partition coefficient (Wildman–Crippen LogP) is 5.54. The van der Waals surface area contributed by atoms with Gasteiger partial charge in [-0.05, 0) is 41.8 Å². The first kappa shape index (κ1) is 21.0. The first-order valence-corrected chi connectivity index (χ1v) is 11.8. The SMILES string of the molecule is CC1CCC(Cn2c(N3CCOC[C@H]3c3ccccc3)nc3nc(Cl)nc(Cl)c32)CC1. The highest BCUT2D eigenvalue weighted by atomic mass is 35.5. The number of fused-ring (bicyclic) bond motifs is 1. The van der Waals surface area contributed by atoms with Crippen LogP contribution in [-0.2, 0) is 11.3 Å². The maximum atomic E-state index is 6.57. The summed E-state index contributed by atoms with van der Waals surface area (Å²) < 4.78 is 8.08. The molecule has 1 atom stereocenters. The van der Waals surface area contributed by atoms with E-state index < -0.39 is 0 Å². The number of rotatable bonds is 4. The number of imidazole rings is 1. The highest BCUT2D eigenvalue weighted by Crippen LogP contribution is 2.36. The smallest absolute Gasteiger partial charge is 0.225 e. The van der Waals surface area contributed by atoms with Crippen LogP contribution in [0.3, 0.4) is 0 Å². The van der Waals surface area contributed by atoms with Gasteiger partial charge in [0.2, 0.25) is 11.2 Å². The van der Waals surface area contributed by atoms with Crippen LogP contribution in [0, 0.1) is 11.8 Å². The van der Waals surface area contributed by atoms with Crippen molar-refractivity contribution >= 4 is 40.3 Å². The topological polar surface area (TPSA) is 56.1 Å². The fourth-order valence-corrected chi connectivity index (χ4v) is 5.39. The van der Waals surface area contributed by atoms with Crippen LogP contribution in [0.15, 0.2) is 30.3 Å². The minimum atomic E-state index is 0.0825. The van der Waals surface area contributed by atoms with E-state index in [-0.39, 0.29) is 11.3 Å². The number of halogens is 2. The van der Waals surface area contributed by atoms with Crippen LogP contribution in [0.5, 0.6) is 0 Å². The lowest BCUT2D eigenvalue weighted by Gasteiger charge is -2.37. The van der Waals surface area contributed by atoms with Crippen molar-refractivity contribution in [3.63, 3.8) is 0 Å². The Kier molecular flexibility index (Phi) is 6.04. The molecule has 5 rings (SSSR count). The van der Waals surface area contributed by atoms with E-state index in [1.807, 2.05) is 6.07 Å². The van der Waals surface area contributed by atoms with Crippen molar-refractivity contribution in [3.8, 4) is 0 Å². The number of nitrogens with zero attached hydrogens (tertiary/aromatic N) is 5. The Hall–Kier alpha value is -1.89. The van der Waals surface area contributed by atoms with Crippen molar-refractivity contribution < 1.29 is 4.74 Å². The lowest BCUT2D eigenvalue weighted by atomic mass is 9.83. The highest BCUT2D eigenvalue weighted by Gasteiger charge is 2.31. The van der Waals surface area contributed by atoms with Crippen LogP contribution in [0.25, 0.3) is 11.2 Å². The van der Waals surface area contributed by atoms with Crippen LogP contribution in [0.2, 0.25) is 10.4 Å². The molecule has 1 saturated heterocycles. The quantitative estimate of drug-likeness (QED) is 0.378. The van der Waals surface area contributed by atoms with Crippen molar-refractivity contribution in [2.75, 3.05) is 24.7 Å². The summed E-state index contributed by atoms with van der Waals surface area (Å²) in [6.45, 7) is 5.24. The Morgan fingerprint density at radius 2 is 1.81 bits per heavy atom. The summed E-state index contributed by atoms with van der Waals surface area (Å²) in [6, 6.07) is 10.5. The van der Waals surface area contributed by atoms with E-state index in [1.54, 1.807) is 0 Å². The first-order chi connectivity index (χ1) is 15.1. The van der Waals surface area contributed by atoms with Gasteiger partial charge in [0.1, 0.15) is 5.52 Å². The van der Waals surface area contributed by atoms with Gasteiger partial charge >= 0.3 is 0 Å². The molecule has 164 valence electrons. The van der Waals surface area contributed by atoms with Gasteiger partial charge in [-0.3, -0.25) is 0 Å².